The van der Waals surface area contributed by atoms with Gasteiger partial charge in [-0.3, -0.25) is 0 Å². The minimum Gasteiger partial charge on any atom is -0.361 e. The van der Waals surface area contributed by atoms with Crippen molar-refractivity contribution in [1.29, 1.82) is 0 Å². The third kappa shape index (κ3) is 3.94. The van der Waals surface area contributed by atoms with Crippen LogP contribution in [0.1, 0.15) is 50.3 Å². The lowest BCUT2D eigenvalue weighted by Crippen LogP contribution is -2.32. The van der Waals surface area contributed by atoms with Crippen molar-refractivity contribution >= 4 is 31.8 Å². The van der Waals surface area contributed by atoms with Gasteiger partial charge >= 0.3 is 0 Å². The summed E-state index contributed by atoms with van der Waals surface area (Å²) in [6, 6.07) is 24.1. The number of aromatic amines is 2. The molecule has 0 amide bonds. The van der Waals surface area contributed by atoms with Crippen molar-refractivity contribution < 1.29 is 8.42 Å². The number of benzene rings is 3. The second kappa shape index (κ2) is 9.60. The Morgan fingerprint density at radius 3 is 1.67 bits per heavy atom. The molecular formula is C30H33N3O2S. The standard InChI is InChI=1S/C30H33N3O2S/c1-4-18-33(19-5-2)36(34,35)23-16-14-22(15-17-23)30(3,26-20-31-28-12-8-6-10-24(26)28)27-21-32-29-13-9-7-11-25(27)29/h6-17,20-21,31-32H,4-5,18-19H2,1-3H3. The molecule has 2 aromatic heterocycles. The van der Waals surface area contributed by atoms with Gasteiger partial charge in [0.2, 0.25) is 10.0 Å². The number of rotatable bonds is 9. The van der Waals surface area contributed by atoms with E-state index in [-0.39, 0.29) is 0 Å². The second-order valence-electron chi connectivity index (χ2n) is 9.55. The van der Waals surface area contributed by atoms with Gasteiger partial charge < -0.3 is 9.97 Å². The Morgan fingerprint density at radius 1 is 0.722 bits per heavy atom. The van der Waals surface area contributed by atoms with Crippen LogP contribution in [-0.4, -0.2) is 35.8 Å². The monoisotopic (exact) mass is 499 g/mol. The maximum atomic E-state index is 13.4. The van der Waals surface area contributed by atoms with Crippen LogP contribution in [-0.2, 0) is 15.4 Å². The van der Waals surface area contributed by atoms with Crippen LogP contribution in [0.3, 0.4) is 0 Å². The molecule has 0 aliphatic carbocycles. The van der Waals surface area contributed by atoms with E-state index in [1.54, 1.807) is 16.4 Å². The molecule has 5 rings (SSSR count). The molecule has 36 heavy (non-hydrogen) atoms. The molecule has 0 aliphatic rings. The normalized spacial score (nSPS) is 12.7. The number of hydrogen-bond acceptors (Lipinski definition) is 2. The zero-order chi connectivity index (χ0) is 25.3. The topological polar surface area (TPSA) is 69.0 Å². The van der Waals surface area contributed by atoms with Crippen LogP contribution < -0.4 is 0 Å². The van der Waals surface area contributed by atoms with Crippen molar-refractivity contribution in [2.75, 3.05) is 13.1 Å². The number of sulfonamides is 1. The number of para-hydroxylation sites is 2. The zero-order valence-electron chi connectivity index (χ0n) is 21.1. The average molecular weight is 500 g/mol. The summed E-state index contributed by atoms with van der Waals surface area (Å²) in [6.07, 6.45) is 5.75. The first kappa shape index (κ1) is 24.3. The number of fused-ring (bicyclic) bond motifs is 2. The molecule has 0 aliphatic heterocycles. The summed E-state index contributed by atoms with van der Waals surface area (Å²) in [6.45, 7) is 7.30. The summed E-state index contributed by atoms with van der Waals surface area (Å²) in [4.78, 5) is 7.22. The minimum atomic E-state index is -3.54. The van der Waals surface area contributed by atoms with Crippen molar-refractivity contribution in [3.05, 3.63) is 102 Å². The molecule has 0 saturated carbocycles. The predicted molar refractivity (Wildman–Crippen MR) is 148 cm³/mol. The van der Waals surface area contributed by atoms with Gasteiger partial charge in [0, 0.05) is 52.7 Å². The van der Waals surface area contributed by atoms with E-state index in [0.717, 1.165) is 51.3 Å². The van der Waals surface area contributed by atoms with E-state index in [9.17, 15) is 8.42 Å². The van der Waals surface area contributed by atoms with Crippen molar-refractivity contribution in [3.8, 4) is 0 Å². The van der Waals surface area contributed by atoms with Crippen molar-refractivity contribution in [2.24, 2.45) is 0 Å². The fraction of sp³-hybridized carbons (Fsp3) is 0.267. The summed E-state index contributed by atoms with van der Waals surface area (Å²) in [5.41, 5.74) is 4.97. The van der Waals surface area contributed by atoms with Gasteiger partial charge in [-0.05, 0) is 60.7 Å². The van der Waals surface area contributed by atoms with Crippen LogP contribution in [0.4, 0.5) is 0 Å². The maximum Gasteiger partial charge on any atom is 0.243 e. The Kier molecular flexibility index (Phi) is 6.49. The highest BCUT2D eigenvalue weighted by molar-refractivity contribution is 7.89. The lowest BCUT2D eigenvalue weighted by atomic mass is 9.71. The molecular weight excluding hydrogens is 466 g/mol. The fourth-order valence-corrected chi connectivity index (χ4v) is 7.01. The molecule has 0 unspecified atom stereocenters. The molecule has 2 N–H and O–H groups in total. The Labute approximate surface area is 213 Å². The van der Waals surface area contributed by atoms with Gasteiger partial charge in [-0.1, -0.05) is 62.4 Å². The van der Waals surface area contributed by atoms with E-state index in [1.807, 2.05) is 38.1 Å². The maximum absolute atomic E-state index is 13.4. The molecule has 6 heteroatoms. The lowest BCUT2D eigenvalue weighted by molar-refractivity contribution is 0.410. The molecule has 186 valence electrons. The van der Waals surface area contributed by atoms with E-state index in [4.69, 9.17) is 0 Å². The van der Waals surface area contributed by atoms with Crippen molar-refractivity contribution in [1.82, 2.24) is 14.3 Å². The molecule has 0 atom stereocenters. The highest BCUT2D eigenvalue weighted by atomic mass is 32.2. The van der Waals surface area contributed by atoms with Gasteiger partial charge in [0.05, 0.1) is 4.90 Å². The second-order valence-corrected chi connectivity index (χ2v) is 11.5. The first-order valence-electron chi connectivity index (χ1n) is 12.6. The number of aromatic nitrogens is 2. The number of H-pyrrole nitrogens is 2. The lowest BCUT2D eigenvalue weighted by Gasteiger charge is -2.31. The SMILES string of the molecule is CCCN(CCC)S(=O)(=O)c1ccc(C(C)(c2c[nH]c3ccccc23)c2c[nH]c3ccccc23)cc1. The van der Waals surface area contributed by atoms with Gasteiger partial charge in [-0.25, -0.2) is 8.42 Å². The van der Waals surface area contributed by atoms with Gasteiger partial charge in [0.1, 0.15) is 0 Å². The summed E-state index contributed by atoms with van der Waals surface area (Å²) in [5.74, 6) is 0. The average Bonchev–Trinajstić information content (AvgIpc) is 3.53. The highest BCUT2D eigenvalue weighted by Crippen LogP contribution is 2.44. The largest absolute Gasteiger partial charge is 0.361 e. The summed E-state index contributed by atoms with van der Waals surface area (Å²) in [5, 5.41) is 2.30. The summed E-state index contributed by atoms with van der Waals surface area (Å²) in [7, 11) is -3.54. The molecule has 0 bridgehead atoms. The summed E-state index contributed by atoms with van der Waals surface area (Å²) < 4.78 is 28.4. The van der Waals surface area contributed by atoms with Crippen LogP contribution in [0, 0.1) is 0 Å². The quantitative estimate of drug-likeness (QED) is 0.234. The minimum absolute atomic E-state index is 0.341. The molecule has 5 nitrogen and oxygen atoms in total. The van der Waals surface area contributed by atoms with Gasteiger partial charge in [-0.15, -0.1) is 0 Å². The van der Waals surface area contributed by atoms with Crippen LogP contribution in [0.25, 0.3) is 21.8 Å². The first-order chi connectivity index (χ1) is 17.4. The number of nitrogens with one attached hydrogen (secondary N) is 2. The smallest absolute Gasteiger partial charge is 0.243 e. The van der Waals surface area contributed by atoms with Crippen LogP contribution in [0.15, 0.2) is 90.1 Å². The number of nitrogens with zero attached hydrogens (tertiary/aromatic N) is 1. The molecule has 0 radical (unpaired) electrons. The van der Waals surface area contributed by atoms with Crippen molar-refractivity contribution in [2.45, 2.75) is 43.9 Å². The summed E-state index contributed by atoms with van der Waals surface area (Å²) >= 11 is 0. The van der Waals surface area contributed by atoms with Gasteiger partial charge in [0.25, 0.3) is 0 Å². The van der Waals surface area contributed by atoms with E-state index < -0.39 is 15.4 Å². The van der Waals surface area contributed by atoms with Crippen LogP contribution >= 0.6 is 0 Å². The first-order valence-corrected chi connectivity index (χ1v) is 14.1. The molecule has 0 spiro atoms. The highest BCUT2D eigenvalue weighted by Gasteiger charge is 2.36. The van der Waals surface area contributed by atoms with Crippen LogP contribution in [0.5, 0.6) is 0 Å². The van der Waals surface area contributed by atoms with E-state index in [0.29, 0.717) is 18.0 Å². The van der Waals surface area contributed by atoms with Gasteiger partial charge in [-0.2, -0.15) is 4.31 Å². The predicted octanol–water partition coefficient (Wildman–Crippen LogP) is 6.81. The molecule has 2 heterocycles. The van der Waals surface area contributed by atoms with E-state index >= 15 is 0 Å². The Bertz CT molecular complexity index is 1520. The van der Waals surface area contributed by atoms with Crippen LogP contribution in [0.2, 0.25) is 0 Å². The molecule has 3 aromatic carbocycles. The van der Waals surface area contributed by atoms with E-state index in [2.05, 4.69) is 65.7 Å². The van der Waals surface area contributed by atoms with Crippen molar-refractivity contribution in [3.63, 3.8) is 0 Å². The Balaban J connectivity index is 1.68. The van der Waals surface area contributed by atoms with E-state index in [1.165, 1.54) is 0 Å². The molecule has 0 fully saturated rings. The molecule has 5 aromatic rings. The zero-order valence-corrected chi connectivity index (χ0v) is 21.9. The Morgan fingerprint density at radius 2 is 1.19 bits per heavy atom. The molecule has 0 saturated heterocycles. The van der Waals surface area contributed by atoms with Gasteiger partial charge in [0.15, 0.2) is 0 Å². The third-order valence-corrected chi connectivity index (χ3v) is 9.18. The fourth-order valence-electron chi connectivity index (χ4n) is 5.39. The Hall–Kier alpha value is -3.35. The third-order valence-electron chi connectivity index (χ3n) is 7.27. The number of hydrogen-bond donors (Lipinski definition) is 2.